The Hall–Kier alpha value is -2.04. The number of hydrogen-bond acceptors (Lipinski definition) is 3. The summed E-state index contributed by atoms with van der Waals surface area (Å²) in [7, 11) is 0. The number of carbonyl (C=O) groups excluding carboxylic acids is 2. The van der Waals surface area contributed by atoms with Crippen LogP contribution in [0.25, 0.3) is 0 Å². The Bertz CT molecular complexity index is 585. The van der Waals surface area contributed by atoms with Crippen molar-refractivity contribution in [1.82, 2.24) is 10.2 Å². The summed E-state index contributed by atoms with van der Waals surface area (Å²) in [5.74, 6) is 0.602. The SMILES string of the molecule is CC1CCCC(C)N1C(=O)COc1ccc(C(=O)NC2CC2)cc1. The molecule has 3 rings (SSSR count). The monoisotopic (exact) mass is 330 g/mol. The van der Waals surface area contributed by atoms with Crippen LogP contribution in [0.4, 0.5) is 0 Å². The molecule has 1 N–H and O–H groups in total. The highest BCUT2D eigenvalue weighted by atomic mass is 16.5. The molecular formula is C19H26N2O3. The molecule has 1 saturated carbocycles. The van der Waals surface area contributed by atoms with Crippen LogP contribution in [0.2, 0.25) is 0 Å². The molecule has 1 aliphatic carbocycles. The highest BCUT2D eigenvalue weighted by molar-refractivity contribution is 5.94. The number of amides is 2. The van der Waals surface area contributed by atoms with Crippen molar-refractivity contribution in [3.05, 3.63) is 29.8 Å². The normalized spacial score (nSPS) is 23.7. The molecule has 2 unspecified atom stereocenters. The van der Waals surface area contributed by atoms with E-state index in [1.54, 1.807) is 24.3 Å². The standard InChI is InChI=1S/C19H26N2O3/c1-13-4-3-5-14(2)21(13)18(22)12-24-17-10-6-15(7-11-17)19(23)20-16-8-9-16/h6-7,10-11,13-14,16H,3-5,8-9,12H2,1-2H3,(H,20,23). The first-order valence-corrected chi connectivity index (χ1v) is 8.89. The van der Waals surface area contributed by atoms with Gasteiger partial charge in [-0.2, -0.15) is 0 Å². The first kappa shape index (κ1) is 16.8. The summed E-state index contributed by atoms with van der Waals surface area (Å²) in [6.07, 6.45) is 5.43. The van der Waals surface area contributed by atoms with Gasteiger partial charge in [-0.15, -0.1) is 0 Å². The van der Waals surface area contributed by atoms with Crippen LogP contribution >= 0.6 is 0 Å². The van der Waals surface area contributed by atoms with Crippen LogP contribution < -0.4 is 10.1 Å². The molecule has 0 aromatic heterocycles. The van der Waals surface area contributed by atoms with E-state index < -0.39 is 0 Å². The van der Waals surface area contributed by atoms with E-state index in [1.165, 1.54) is 6.42 Å². The predicted molar refractivity (Wildman–Crippen MR) is 92.0 cm³/mol. The number of carbonyl (C=O) groups is 2. The van der Waals surface area contributed by atoms with Crippen molar-refractivity contribution in [2.45, 2.75) is 64.1 Å². The van der Waals surface area contributed by atoms with Crippen molar-refractivity contribution in [1.29, 1.82) is 0 Å². The average Bonchev–Trinajstić information content (AvgIpc) is 3.37. The van der Waals surface area contributed by atoms with Crippen LogP contribution in [-0.2, 0) is 4.79 Å². The third kappa shape index (κ3) is 4.08. The summed E-state index contributed by atoms with van der Waals surface area (Å²) < 4.78 is 5.62. The smallest absolute Gasteiger partial charge is 0.260 e. The second-order valence-corrected chi connectivity index (χ2v) is 6.99. The lowest BCUT2D eigenvalue weighted by atomic mass is 9.97. The summed E-state index contributed by atoms with van der Waals surface area (Å²) in [5.41, 5.74) is 0.624. The minimum atomic E-state index is -0.0453. The molecule has 0 radical (unpaired) electrons. The number of hydrogen-bond donors (Lipinski definition) is 1. The van der Waals surface area contributed by atoms with E-state index in [2.05, 4.69) is 19.2 Å². The number of rotatable bonds is 5. The second-order valence-electron chi connectivity index (χ2n) is 6.99. The Morgan fingerprint density at radius 3 is 2.29 bits per heavy atom. The van der Waals surface area contributed by atoms with Gasteiger partial charge in [0.15, 0.2) is 6.61 Å². The van der Waals surface area contributed by atoms with Gasteiger partial charge in [0.25, 0.3) is 11.8 Å². The predicted octanol–water partition coefficient (Wildman–Crippen LogP) is 2.75. The van der Waals surface area contributed by atoms with E-state index in [0.717, 1.165) is 25.7 Å². The van der Waals surface area contributed by atoms with Gasteiger partial charge in [0, 0.05) is 23.7 Å². The van der Waals surface area contributed by atoms with Gasteiger partial charge >= 0.3 is 0 Å². The minimum absolute atomic E-state index is 0.0326. The van der Waals surface area contributed by atoms with Crippen LogP contribution in [0, 0.1) is 0 Å². The van der Waals surface area contributed by atoms with Crippen LogP contribution in [-0.4, -0.2) is 41.4 Å². The number of nitrogens with one attached hydrogen (secondary N) is 1. The Labute approximate surface area is 143 Å². The van der Waals surface area contributed by atoms with Gasteiger partial charge in [-0.1, -0.05) is 0 Å². The van der Waals surface area contributed by atoms with Gasteiger partial charge in [-0.3, -0.25) is 9.59 Å². The molecule has 5 nitrogen and oxygen atoms in total. The zero-order valence-corrected chi connectivity index (χ0v) is 14.5. The maximum absolute atomic E-state index is 12.4. The van der Waals surface area contributed by atoms with Crippen LogP contribution in [0.5, 0.6) is 5.75 Å². The number of ether oxygens (including phenoxy) is 1. The summed E-state index contributed by atoms with van der Waals surface area (Å²) in [6.45, 7) is 4.24. The van der Waals surface area contributed by atoms with Crippen LogP contribution in [0.15, 0.2) is 24.3 Å². The van der Waals surface area contributed by atoms with Gasteiger partial charge in [-0.25, -0.2) is 0 Å². The fourth-order valence-corrected chi connectivity index (χ4v) is 3.33. The average molecular weight is 330 g/mol. The third-order valence-electron chi connectivity index (χ3n) is 4.87. The first-order chi connectivity index (χ1) is 11.5. The molecule has 130 valence electrons. The quantitative estimate of drug-likeness (QED) is 0.903. The fourth-order valence-electron chi connectivity index (χ4n) is 3.33. The molecule has 2 fully saturated rings. The lowest BCUT2D eigenvalue weighted by molar-refractivity contribution is -0.139. The molecule has 1 aromatic rings. The van der Waals surface area contributed by atoms with Crippen LogP contribution in [0.1, 0.15) is 56.3 Å². The number of piperidine rings is 1. The van der Waals surface area contributed by atoms with Gasteiger partial charge in [0.1, 0.15) is 5.75 Å². The van der Waals surface area contributed by atoms with Gasteiger partial charge < -0.3 is 15.0 Å². The fraction of sp³-hybridized carbons (Fsp3) is 0.579. The number of likely N-dealkylation sites (tertiary alicyclic amines) is 1. The molecule has 0 spiro atoms. The van der Waals surface area contributed by atoms with Crippen molar-refractivity contribution >= 4 is 11.8 Å². The summed E-state index contributed by atoms with van der Waals surface area (Å²) in [6, 6.07) is 7.88. The molecule has 1 saturated heterocycles. The molecule has 2 aliphatic rings. The van der Waals surface area contributed by atoms with E-state index in [-0.39, 0.29) is 30.5 Å². The molecular weight excluding hydrogens is 304 g/mol. The zero-order chi connectivity index (χ0) is 17.1. The maximum Gasteiger partial charge on any atom is 0.260 e. The van der Waals surface area contributed by atoms with E-state index in [4.69, 9.17) is 4.74 Å². The topological polar surface area (TPSA) is 58.6 Å². The third-order valence-corrected chi connectivity index (χ3v) is 4.87. The van der Waals surface area contributed by atoms with Crippen molar-refractivity contribution in [2.24, 2.45) is 0 Å². The molecule has 5 heteroatoms. The maximum atomic E-state index is 12.4. The van der Waals surface area contributed by atoms with Crippen molar-refractivity contribution < 1.29 is 14.3 Å². The summed E-state index contributed by atoms with van der Waals surface area (Å²) in [4.78, 5) is 26.3. The van der Waals surface area contributed by atoms with Crippen molar-refractivity contribution in [2.75, 3.05) is 6.61 Å². The molecule has 2 amide bonds. The summed E-state index contributed by atoms with van der Waals surface area (Å²) in [5, 5.41) is 2.95. The Kier molecular flexibility index (Phi) is 5.07. The molecule has 0 bridgehead atoms. The van der Waals surface area contributed by atoms with E-state index in [1.807, 2.05) is 4.90 Å². The minimum Gasteiger partial charge on any atom is -0.484 e. The molecule has 1 aromatic carbocycles. The first-order valence-electron chi connectivity index (χ1n) is 8.89. The van der Waals surface area contributed by atoms with Gasteiger partial charge in [-0.05, 0) is 70.2 Å². The van der Waals surface area contributed by atoms with Crippen molar-refractivity contribution in [3.8, 4) is 5.75 Å². The molecule has 2 atom stereocenters. The Morgan fingerprint density at radius 1 is 1.08 bits per heavy atom. The second kappa shape index (κ2) is 7.24. The van der Waals surface area contributed by atoms with E-state index in [0.29, 0.717) is 17.4 Å². The lowest BCUT2D eigenvalue weighted by Gasteiger charge is -2.38. The summed E-state index contributed by atoms with van der Waals surface area (Å²) >= 11 is 0. The molecule has 24 heavy (non-hydrogen) atoms. The zero-order valence-electron chi connectivity index (χ0n) is 14.5. The molecule has 1 heterocycles. The highest BCUT2D eigenvalue weighted by Gasteiger charge is 2.29. The Balaban J connectivity index is 1.52. The largest absolute Gasteiger partial charge is 0.484 e. The Morgan fingerprint density at radius 2 is 1.71 bits per heavy atom. The van der Waals surface area contributed by atoms with E-state index in [9.17, 15) is 9.59 Å². The lowest BCUT2D eigenvalue weighted by Crippen LogP contribution is -2.49. The van der Waals surface area contributed by atoms with Crippen molar-refractivity contribution in [3.63, 3.8) is 0 Å². The number of nitrogens with zero attached hydrogens (tertiary/aromatic N) is 1. The van der Waals surface area contributed by atoms with Gasteiger partial charge in [0.05, 0.1) is 0 Å². The number of benzene rings is 1. The van der Waals surface area contributed by atoms with E-state index >= 15 is 0 Å². The molecule has 1 aliphatic heterocycles. The van der Waals surface area contributed by atoms with Gasteiger partial charge in [0.2, 0.25) is 0 Å². The highest BCUT2D eigenvalue weighted by Crippen LogP contribution is 2.23. The van der Waals surface area contributed by atoms with Crippen LogP contribution in [0.3, 0.4) is 0 Å².